The van der Waals surface area contributed by atoms with E-state index in [1.165, 1.54) is 11.1 Å². The molecule has 2 aliphatic heterocycles. The summed E-state index contributed by atoms with van der Waals surface area (Å²) in [5.41, 5.74) is 3.62. The van der Waals surface area contributed by atoms with Crippen molar-refractivity contribution >= 4 is 5.91 Å². The molecule has 0 aliphatic carbocycles. The molecule has 1 fully saturated rings. The third-order valence-corrected chi connectivity index (χ3v) is 4.82. The Morgan fingerprint density at radius 2 is 2.09 bits per heavy atom. The zero-order chi connectivity index (χ0) is 15.7. The van der Waals surface area contributed by atoms with Gasteiger partial charge in [-0.2, -0.15) is 0 Å². The number of hydrogen-bond acceptors (Lipinski definition) is 3. The number of aryl methyl sites for hydroxylation is 2. The van der Waals surface area contributed by atoms with Crippen molar-refractivity contribution < 1.29 is 14.3 Å². The minimum Gasteiger partial charge on any atom is -0.480 e. The van der Waals surface area contributed by atoms with Gasteiger partial charge in [0.15, 0.2) is 6.10 Å². The van der Waals surface area contributed by atoms with Gasteiger partial charge >= 0.3 is 0 Å². The van der Waals surface area contributed by atoms with Crippen molar-refractivity contribution in [3.05, 3.63) is 28.8 Å². The number of ether oxygens (including phenoxy) is 2. The van der Waals surface area contributed by atoms with E-state index in [1.54, 1.807) is 0 Å². The maximum Gasteiger partial charge on any atom is 0.263 e. The first-order valence-electron chi connectivity index (χ1n) is 8.21. The van der Waals surface area contributed by atoms with E-state index in [9.17, 15) is 4.79 Å². The second kappa shape index (κ2) is 6.29. The van der Waals surface area contributed by atoms with Crippen LogP contribution in [0.4, 0.5) is 0 Å². The van der Waals surface area contributed by atoms with Gasteiger partial charge in [0.1, 0.15) is 5.75 Å². The lowest BCUT2D eigenvalue weighted by Gasteiger charge is -2.26. The molecule has 0 bridgehead atoms. The number of carbonyl (C=O) groups excluding carboxylic acids is 1. The van der Waals surface area contributed by atoms with Crippen LogP contribution in [0.2, 0.25) is 0 Å². The van der Waals surface area contributed by atoms with Crippen LogP contribution in [0.3, 0.4) is 0 Å². The molecule has 4 heteroatoms. The summed E-state index contributed by atoms with van der Waals surface area (Å²) in [4.78, 5) is 14.7. The van der Waals surface area contributed by atoms with Crippen LogP contribution < -0.4 is 4.74 Å². The number of carbonyl (C=O) groups is 1. The monoisotopic (exact) mass is 303 g/mol. The minimum absolute atomic E-state index is 0.112. The van der Waals surface area contributed by atoms with E-state index in [-0.39, 0.29) is 12.0 Å². The third-order valence-electron chi connectivity index (χ3n) is 4.82. The van der Waals surface area contributed by atoms with Crippen molar-refractivity contribution in [3.8, 4) is 5.75 Å². The van der Waals surface area contributed by atoms with Crippen molar-refractivity contribution in [3.63, 3.8) is 0 Å². The molecule has 120 valence electrons. The minimum atomic E-state index is -0.363. The average molecular weight is 303 g/mol. The first-order valence-corrected chi connectivity index (χ1v) is 8.21. The summed E-state index contributed by atoms with van der Waals surface area (Å²) in [6, 6.07) is 4.21. The Kier molecular flexibility index (Phi) is 4.39. The first kappa shape index (κ1) is 15.3. The van der Waals surface area contributed by atoms with Gasteiger partial charge in [-0.1, -0.05) is 6.07 Å². The quantitative estimate of drug-likeness (QED) is 0.858. The van der Waals surface area contributed by atoms with Crippen LogP contribution in [0.25, 0.3) is 0 Å². The molecule has 22 heavy (non-hydrogen) atoms. The summed E-state index contributed by atoms with van der Waals surface area (Å²) in [6.45, 7) is 9.31. The zero-order valence-electron chi connectivity index (χ0n) is 13.7. The van der Waals surface area contributed by atoms with E-state index < -0.39 is 0 Å². The Balaban J connectivity index is 1.67. The molecule has 1 amide bonds. The van der Waals surface area contributed by atoms with Crippen LogP contribution in [-0.2, 0) is 16.0 Å². The van der Waals surface area contributed by atoms with Crippen LogP contribution in [0, 0.1) is 19.8 Å². The van der Waals surface area contributed by atoms with E-state index in [1.807, 2.05) is 11.8 Å². The lowest BCUT2D eigenvalue weighted by atomic mass is 10.0. The van der Waals surface area contributed by atoms with Gasteiger partial charge < -0.3 is 14.4 Å². The highest BCUT2D eigenvalue weighted by Crippen LogP contribution is 2.32. The normalized spacial score (nSPS) is 23.2. The summed E-state index contributed by atoms with van der Waals surface area (Å²) < 4.78 is 11.3. The number of rotatable bonds is 4. The summed E-state index contributed by atoms with van der Waals surface area (Å²) >= 11 is 0. The molecule has 0 saturated carbocycles. The van der Waals surface area contributed by atoms with Crippen LogP contribution in [-0.4, -0.2) is 43.2 Å². The molecule has 2 atom stereocenters. The van der Waals surface area contributed by atoms with E-state index >= 15 is 0 Å². The van der Waals surface area contributed by atoms with Gasteiger partial charge in [-0.05, 0) is 49.9 Å². The molecule has 0 radical (unpaired) electrons. The first-order chi connectivity index (χ1) is 10.6. The third kappa shape index (κ3) is 2.98. The maximum atomic E-state index is 12.8. The van der Waals surface area contributed by atoms with Crippen molar-refractivity contribution in [2.75, 3.05) is 26.3 Å². The van der Waals surface area contributed by atoms with Gasteiger partial charge in [0.2, 0.25) is 0 Å². The molecule has 2 heterocycles. The van der Waals surface area contributed by atoms with Gasteiger partial charge in [0.05, 0.1) is 6.61 Å². The summed E-state index contributed by atoms with van der Waals surface area (Å²) in [5.74, 6) is 1.46. The van der Waals surface area contributed by atoms with Gasteiger partial charge in [-0.25, -0.2) is 0 Å². The molecule has 0 N–H and O–H groups in total. The van der Waals surface area contributed by atoms with Crippen molar-refractivity contribution in [2.24, 2.45) is 5.92 Å². The topological polar surface area (TPSA) is 38.8 Å². The number of nitrogens with zero attached hydrogens (tertiary/aromatic N) is 1. The molecule has 1 aromatic carbocycles. The molecule has 4 nitrogen and oxygen atoms in total. The number of benzene rings is 1. The van der Waals surface area contributed by atoms with Crippen molar-refractivity contribution in [1.82, 2.24) is 4.90 Å². The largest absolute Gasteiger partial charge is 0.480 e. The predicted molar refractivity (Wildman–Crippen MR) is 85.2 cm³/mol. The van der Waals surface area contributed by atoms with E-state index in [0.717, 1.165) is 44.0 Å². The second-order valence-electron chi connectivity index (χ2n) is 6.46. The lowest BCUT2D eigenvalue weighted by molar-refractivity contribution is -0.138. The molecule has 1 aromatic rings. The van der Waals surface area contributed by atoms with Crippen LogP contribution in [0.1, 0.15) is 30.0 Å². The van der Waals surface area contributed by atoms with Gasteiger partial charge in [0.25, 0.3) is 5.91 Å². The van der Waals surface area contributed by atoms with E-state index in [2.05, 4.69) is 26.0 Å². The number of amides is 1. The van der Waals surface area contributed by atoms with Gasteiger partial charge in [-0.15, -0.1) is 0 Å². The molecular weight excluding hydrogens is 278 g/mol. The molecule has 1 saturated heterocycles. The molecule has 0 spiro atoms. The standard InChI is InChI=1S/C18H25NO3/c1-4-19(10-14-5-6-21-11-14)18(20)17-9-15-7-12(2)13(3)8-16(15)22-17/h7-8,14,17H,4-6,9-11H2,1-3H3/t14-,17+/m1/s1. The molecule has 0 unspecified atom stereocenters. The fraction of sp³-hybridized carbons (Fsp3) is 0.611. The number of likely N-dealkylation sites (N-methyl/N-ethyl adjacent to an activating group) is 1. The SMILES string of the molecule is CCN(C[C@H]1CCOC1)C(=O)[C@@H]1Cc2cc(C)c(C)cc2O1. The highest BCUT2D eigenvalue weighted by molar-refractivity contribution is 5.82. The van der Waals surface area contributed by atoms with Crippen LogP contribution in [0.5, 0.6) is 5.75 Å². The average Bonchev–Trinajstić information content (AvgIpc) is 3.14. The van der Waals surface area contributed by atoms with Gasteiger partial charge in [0, 0.05) is 32.0 Å². The van der Waals surface area contributed by atoms with E-state index in [0.29, 0.717) is 12.3 Å². The molecule has 2 aliphatic rings. The van der Waals surface area contributed by atoms with Crippen LogP contribution >= 0.6 is 0 Å². The highest BCUT2D eigenvalue weighted by atomic mass is 16.5. The summed E-state index contributed by atoms with van der Waals surface area (Å²) in [5, 5.41) is 0. The Morgan fingerprint density at radius 1 is 1.32 bits per heavy atom. The summed E-state index contributed by atoms with van der Waals surface area (Å²) in [6.07, 6.45) is 1.37. The Bertz CT molecular complexity index is 533. The maximum absolute atomic E-state index is 12.8. The lowest BCUT2D eigenvalue weighted by Crippen LogP contribution is -2.43. The Hall–Kier alpha value is -1.55. The fourth-order valence-corrected chi connectivity index (χ4v) is 3.27. The van der Waals surface area contributed by atoms with E-state index in [4.69, 9.17) is 9.47 Å². The second-order valence-corrected chi connectivity index (χ2v) is 6.46. The highest BCUT2D eigenvalue weighted by Gasteiger charge is 2.33. The smallest absolute Gasteiger partial charge is 0.263 e. The molecular formula is C18H25NO3. The fourth-order valence-electron chi connectivity index (χ4n) is 3.27. The van der Waals surface area contributed by atoms with Crippen LogP contribution in [0.15, 0.2) is 12.1 Å². The molecule has 0 aromatic heterocycles. The summed E-state index contributed by atoms with van der Waals surface area (Å²) in [7, 11) is 0. The Labute approximate surface area is 132 Å². The predicted octanol–water partition coefficient (Wildman–Crippen LogP) is 2.49. The van der Waals surface area contributed by atoms with Gasteiger partial charge in [-0.3, -0.25) is 4.79 Å². The number of hydrogen-bond donors (Lipinski definition) is 0. The molecule has 3 rings (SSSR count). The zero-order valence-corrected chi connectivity index (χ0v) is 13.7. The van der Waals surface area contributed by atoms with Crippen molar-refractivity contribution in [2.45, 2.75) is 39.7 Å². The Morgan fingerprint density at radius 3 is 2.77 bits per heavy atom. The van der Waals surface area contributed by atoms with Crippen molar-refractivity contribution in [1.29, 1.82) is 0 Å². The number of fused-ring (bicyclic) bond motifs is 1.